The molecule has 0 aliphatic heterocycles. The molecule has 156 valence electrons. The van der Waals surface area contributed by atoms with Crippen molar-refractivity contribution < 1.29 is 13.5 Å². The van der Waals surface area contributed by atoms with Gasteiger partial charge >= 0.3 is 0 Å². The summed E-state index contributed by atoms with van der Waals surface area (Å²) in [5.41, 5.74) is 0.140. The molecule has 0 saturated heterocycles. The van der Waals surface area contributed by atoms with E-state index in [2.05, 4.69) is 25.7 Å². The van der Waals surface area contributed by atoms with Gasteiger partial charge in [0.1, 0.15) is 0 Å². The van der Waals surface area contributed by atoms with Crippen molar-refractivity contribution in [2.45, 2.75) is 90.9 Å². The predicted molar refractivity (Wildman–Crippen MR) is 112 cm³/mol. The molecule has 1 nitrogen and oxygen atoms in total. The molecule has 1 fully saturated rings. The molecule has 0 bridgehead atoms. The molecule has 0 N–H and O–H groups in total. The molecule has 0 heterocycles. The Kier molecular flexibility index (Phi) is 10.4. The van der Waals surface area contributed by atoms with Gasteiger partial charge in [0.2, 0.25) is 5.82 Å². The van der Waals surface area contributed by atoms with Crippen LogP contribution in [0.15, 0.2) is 12.1 Å². The van der Waals surface area contributed by atoms with Crippen LogP contribution in [-0.2, 0) is 0 Å². The van der Waals surface area contributed by atoms with Crippen molar-refractivity contribution in [2.75, 3.05) is 6.61 Å². The molecule has 1 aromatic carbocycles. The van der Waals surface area contributed by atoms with Crippen molar-refractivity contribution in [1.82, 2.24) is 0 Å². The molecular formula is C25H36F2O. The molecule has 0 spiro atoms. The summed E-state index contributed by atoms with van der Waals surface area (Å²) in [5.74, 6) is 5.39. The van der Waals surface area contributed by atoms with Crippen molar-refractivity contribution in [1.29, 1.82) is 0 Å². The molecule has 3 heteroatoms. The molecule has 0 aromatic heterocycles. The quantitative estimate of drug-likeness (QED) is 0.294. The second-order valence-corrected chi connectivity index (χ2v) is 8.13. The molecule has 2 rings (SSSR count). The minimum absolute atomic E-state index is 0.00728. The highest BCUT2D eigenvalue weighted by Crippen LogP contribution is 2.32. The number of hydrogen-bond donors (Lipinski definition) is 0. The average Bonchev–Trinajstić information content (AvgIpc) is 2.71. The lowest BCUT2D eigenvalue weighted by Crippen LogP contribution is -2.13. The number of rotatable bonds is 10. The van der Waals surface area contributed by atoms with Crippen LogP contribution in [0.4, 0.5) is 8.78 Å². The van der Waals surface area contributed by atoms with E-state index in [1.54, 1.807) is 6.07 Å². The van der Waals surface area contributed by atoms with Gasteiger partial charge in [0.25, 0.3) is 0 Å². The number of unbranched alkanes of at least 4 members (excludes halogenated alkanes) is 5. The Bertz CT molecular complexity index is 636. The van der Waals surface area contributed by atoms with Crippen molar-refractivity contribution in [3.63, 3.8) is 0 Å². The van der Waals surface area contributed by atoms with E-state index < -0.39 is 11.6 Å². The Labute approximate surface area is 170 Å². The van der Waals surface area contributed by atoms with E-state index in [4.69, 9.17) is 4.74 Å². The maximum absolute atomic E-state index is 14.3. The summed E-state index contributed by atoms with van der Waals surface area (Å²) in [4.78, 5) is 0. The second-order valence-electron chi connectivity index (χ2n) is 8.13. The lowest BCUT2D eigenvalue weighted by atomic mass is 9.80. The van der Waals surface area contributed by atoms with E-state index >= 15 is 0 Å². The van der Waals surface area contributed by atoms with E-state index in [1.165, 1.54) is 44.6 Å². The summed E-state index contributed by atoms with van der Waals surface area (Å²) in [5, 5.41) is 0. The summed E-state index contributed by atoms with van der Waals surface area (Å²) in [6.07, 6.45) is 14.0. The molecule has 0 radical (unpaired) electrons. The number of ether oxygens (including phenoxy) is 1. The van der Waals surface area contributed by atoms with Crippen LogP contribution < -0.4 is 4.74 Å². The Hall–Kier alpha value is -1.56. The molecule has 0 unspecified atom stereocenters. The molecule has 0 atom stereocenters. The van der Waals surface area contributed by atoms with E-state index in [0.717, 1.165) is 44.4 Å². The zero-order valence-corrected chi connectivity index (χ0v) is 17.7. The third kappa shape index (κ3) is 7.46. The zero-order chi connectivity index (χ0) is 20.2. The van der Waals surface area contributed by atoms with Crippen LogP contribution in [0.1, 0.15) is 96.5 Å². The fourth-order valence-corrected chi connectivity index (χ4v) is 3.91. The lowest BCUT2D eigenvalue weighted by molar-refractivity contribution is 0.285. The van der Waals surface area contributed by atoms with Crippen LogP contribution in [-0.4, -0.2) is 6.61 Å². The Morgan fingerprint density at radius 3 is 2.32 bits per heavy atom. The first-order valence-corrected chi connectivity index (χ1v) is 11.3. The topological polar surface area (TPSA) is 9.23 Å². The van der Waals surface area contributed by atoms with Crippen LogP contribution in [0, 0.1) is 35.3 Å². The molecule has 1 aromatic rings. The van der Waals surface area contributed by atoms with Gasteiger partial charge in [-0.25, -0.2) is 4.39 Å². The molecular weight excluding hydrogens is 354 g/mol. The van der Waals surface area contributed by atoms with Crippen LogP contribution in [0.2, 0.25) is 0 Å². The van der Waals surface area contributed by atoms with Crippen LogP contribution in [0.5, 0.6) is 5.75 Å². The molecule has 28 heavy (non-hydrogen) atoms. The predicted octanol–water partition coefficient (Wildman–Crippen LogP) is 7.66. The van der Waals surface area contributed by atoms with Gasteiger partial charge < -0.3 is 4.74 Å². The maximum Gasteiger partial charge on any atom is 0.201 e. The van der Waals surface area contributed by atoms with Gasteiger partial charge in [-0.2, -0.15) is 4.39 Å². The molecule has 1 saturated carbocycles. The second kappa shape index (κ2) is 12.8. The van der Waals surface area contributed by atoms with Gasteiger partial charge in [0.15, 0.2) is 11.6 Å². The maximum atomic E-state index is 14.3. The zero-order valence-electron chi connectivity index (χ0n) is 17.7. The fourth-order valence-electron chi connectivity index (χ4n) is 3.91. The largest absolute Gasteiger partial charge is 0.490 e. The smallest absolute Gasteiger partial charge is 0.201 e. The Morgan fingerprint density at radius 2 is 1.61 bits per heavy atom. The van der Waals surface area contributed by atoms with Crippen molar-refractivity contribution >= 4 is 0 Å². The lowest BCUT2D eigenvalue weighted by Gasteiger charge is -2.25. The summed E-state index contributed by atoms with van der Waals surface area (Å²) in [6, 6.07) is 3.05. The van der Waals surface area contributed by atoms with Gasteiger partial charge in [0, 0.05) is 5.92 Å². The van der Waals surface area contributed by atoms with E-state index in [0.29, 0.717) is 12.5 Å². The number of benzene rings is 1. The van der Waals surface area contributed by atoms with Crippen LogP contribution in [0.3, 0.4) is 0 Å². The first kappa shape index (κ1) is 22.7. The molecule has 1 aliphatic carbocycles. The van der Waals surface area contributed by atoms with Gasteiger partial charge in [-0.15, -0.1) is 0 Å². The van der Waals surface area contributed by atoms with Crippen LogP contribution in [0.25, 0.3) is 0 Å². The minimum atomic E-state index is -0.915. The normalized spacial score (nSPS) is 19.1. The van der Waals surface area contributed by atoms with Crippen molar-refractivity contribution in [3.05, 3.63) is 29.3 Å². The van der Waals surface area contributed by atoms with Crippen molar-refractivity contribution in [3.8, 4) is 17.6 Å². The Balaban J connectivity index is 1.84. The molecule has 0 amide bonds. The first-order valence-electron chi connectivity index (χ1n) is 11.3. The third-order valence-electron chi connectivity index (χ3n) is 5.78. The van der Waals surface area contributed by atoms with Gasteiger partial charge in [-0.05, 0) is 50.2 Å². The fraction of sp³-hybridized carbons (Fsp3) is 0.680. The summed E-state index contributed by atoms with van der Waals surface area (Å²) >= 11 is 0. The van der Waals surface area contributed by atoms with Crippen molar-refractivity contribution in [2.24, 2.45) is 11.8 Å². The standard InChI is InChI=1S/C25H36F2O/c1-3-5-7-9-19-28-23-18-17-22(24(26)25(23)27)16-15-21-13-11-20(12-14-21)10-8-6-4-2/h17-18,20-21H,3-14,19H2,1-2H3. The monoisotopic (exact) mass is 390 g/mol. The average molecular weight is 391 g/mol. The third-order valence-corrected chi connectivity index (χ3v) is 5.78. The highest BCUT2D eigenvalue weighted by molar-refractivity contribution is 5.41. The highest BCUT2D eigenvalue weighted by Gasteiger charge is 2.19. The summed E-state index contributed by atoms with van der Waals surface area (Å²) in [7, 11) is 0. The number of hydrogen-bond acceptors (Lipinski definition) is 1. The van der Waals surface area contributed by atoms with E-state index in [1.807, 2.05) is 0 Å². The van der Waals surface area contributed by atoms with E-state index in [9.17, 15) is 8.78 Å². The Morgan fingerprint density at radius 1 is 0.893 bits per heavy atom. The molecule has 1 aliphatic rings. The van der Waals surface area contributed by atoms with Gasteiger partial charge in [0.05, 0.1) is 12.2 Å². The van der Waals surface area contributed by atoms with Gasteiger partial charge in [-0.3, -0.25) is 0 Å². The summed E-state index contributed by atoms with van der Waals surface area (Å²) in [6.45, 7) is 4.79. The van der Waals surface area contributed by atoms with E-state index in [-0.39, 0.29) is 11.3 Å². The summed E-state index contributed by atoms with van der Waals surface area (Å²) < 4.78 is 34.0. The minimum Gasteiger partial charge on any atom is -0.490 e. The SMILES string of the molecule is CCCCCCOc1ccc(C#CC2CCC(CCCCC)CC2)c(F)c1F. The first-order chi connectivity index (χ1) is 13.7. The van der Waals surface area contributed by atoms with Gasteiger partial charge in [-0.1, -0.05) is 70.6 Å². The number of halogens is 2. The van der Waals surface area contributed by atoms with Crippen LogP contribution >= 0.6 is 0 Å². The highest BCUT2D eigenvalue weighted by atomic mass is 19.2.